The number of carbonyl (C=O) groups excluding carboxylic acids is 1. The molecule has 0 fully saturated rings. The lowest BCUT2D eigenvalue weighted by atomic mass is 10.1. The summed E-state index contributed by atoms with van der Waals surface area (Å²) in [7, 11) is 0. The third-order valence-corrected chi connectivity index (χ3v) is 3.74. The standard InChI is InChI=1S/C20H20N4O/c1-14-6-8-16(9-7-14)13-22-20-21-11-10-18(24-20)19(25)23-17-5-3-4-15(2)12-17/h3-12H,13H2,1-2H3,(H,23,25)(H,21,22,24). The van der Waals surface area contributed by atoms with Crippen LogP contribution in [0.5, 0.6) is 0 Å². The molecule has 0 radical (unpaired) electrons. The Labute approximate surface area is 147 Å². The van der Waals surface area contributed by atoms with Crippen molar-refractivity contribution in [2.24, 2.45) is 0 Å². The van der Waals surface area contributed by atoms with Gasteiger partial charge in [0.05, 0.1) is 0 Å². The lowest BCUT2D eigenvalue weighted by molar-refractivity contribution is 0.102. The minimum Gasteiger partial charge on any atom is -0.350 e. The van der Waals surface area contributed by atoms with E-state index in [1.54, 1.807) is 12.3 Å². The minimum absolute atomic E-state index is 0.258. The van der Waals surface area contributed by atoms with Gasteiger partial charge < -0.3 is 10.6 Å². The molecule has 0 saturated carbocycles. The van der Waals surface area contributed by atoms with Gasteiger partial charge in [0.2, 0.25) is 5.95 Å². The Morgan fingerprint density at radius 1 is 1.00 bits per heavy atom. The lowest BCUT2D eigenvalue weighted by Gasteiger charge is -2.08. The number of aryl methyl sites for hydroxylation is 2. The van der Waals surface area contributed by atoms with Crippen LogP contribution in [-0.2, 0) is 6.54 Å². The van der Waals surface area contributed by atoms with Crippen molar-refractivity contribution in [3.8, 4) is 0 Å². The number of amides is 1. The zero-order valence-corrected chi connectivity index (χ0v) is 14.3. The molecule has 2 aromatic carbocycles. The molecular formula is C20H20N4O. The van der Waals surface area contributed by atoms with Crippen molar-refractivity contribution in [1.82, 2.24) is 9.97 Å². The van der Waals surface area contributed by atoms with Gasteiger partial charge in [-0.25, -0.2) is 9.97 Å². The first-order valence-electron chi connectivity index (χ1n) is 8.10. The number of hydrogen-bond donors (Lipinski definition) is 2. The Morgan fingerprint density at radius 2 is 1.80 bits per heavy atom. The molecule has 0 unspecified atom stereocenters. The van der Waals surface area contributed by atoms with Gasteiger partial charge in [0.25, 0.3) is 5.91 Å². The number of anilines is 2. The number of nitrogens with one attached hydrogen (secondary N) is 2. The fourth-order valence-electron chi connectivity index (χ4n) is 2.38. The molecule has 0 aliphatic heterocycles. The molecule has 0 atom stereocenters. The highest BCUT2D eigenvalue weighted by atomic mass is 16.1. The molecule has 3 rings (SSSR count). The van der Waals surface area contributed by atoms with Gasteiger partial charge in [0, 0.05) is 18.4 Å². The van der Waals surface area contributed by atoms with Crippen LogP contribution < -0.4 is 10.6 Å². The maximum Gasteiger partial charge on any atom is 0.274 e. The largest absolute Gasteiger partial charge is 0.350 e. The van der Waals surface area contributed by atoms with E-state index < -0.39 is 0 Å². The Morgan fingerprint density at radius 3 is 2.56 bits per heavy atom. The summed E-state index contributed by atoms with van der Waals surface area (Å²) in [4.78, 5) is 20.8. The predicted molar refractivity (Wildman–Crippen MR) is 99.7 cm³/mol. The fraction of sp³-hybridized carbons (Fsp3) is 0.150. The van der Waals surface area contributed by atoms with E-state index in [-0.39, 0.29) is 5.91 Å². The number of nitrogens with zero attached hydrogens (tertiary/aromatic N) is 2. The second kappa shape index (κ2) is 7.57. The van der Waals surface area contributed by atoms with Gasteiger partial charge in [0.15, 0.2) is 0 Å². The van der Waals surface area contributed by atoms with Crippen LogP contribution in [0.15, 0.2) is 60.8 Å². The fourth-order valence-corrected chi connectivity index (χ4v) is 2.38. The number of aromatic nitrogens is 2. The lowest BCUT2D eigenvalue weighted by Crippen LogP contribution is -2.15. The maximum atomic E-state index is 12.4. The van der Waals surface area contributed by atoms with E-state index >= 15 is 0 Å². The van der Waals surface area contributed by atoms with Gasteiger partial charge in [-0.2, -0.15) is 0 Å². The van der Waals surface area contributed by atoms with Gasteiger partial charge in [-0.1, -0.05) is 42.0 Å². The van der Waals surface area contributed by atoms with Gasteiger partial charge in [0.1, 0.15) is 5.69 Å². The molecule has 1 amide bonds. The summed E-state index contributed by atoms with van der Waals surface area (Å²) in [5.41, 5.74) is 4.50. The summed E-state index contributed by atoms with van der Waals surface area (Å²) < 4.78 is 0. The van der Waals surface area contributed by atoms with Crippen molar-refractivity contribution in [3.05, 3.63) is 83.2 Å². The SMILES string of the molecule is Cc1ccc(CNc2nccc(C(=O)Nc3cccc(C)c3)n2)cc1. The normalized spacial score (nSPS) is 10.3. The zero-order chi connectivity index (χ0) is 17.6. The van der Waals surface area contributed by atoms with Crippen LogP contribution >= 0.6 is 0 Å². The van der Waals surface area contributed by atoms with E-state index in [1.807, 2.05) is 31.2 Å². The Kier molecular flexibility index (Phi) is 5.04. The third kappa shape index (κ3) is 4.64. The quantitative estimate of drug-likeness (QED) is 0.742. The summed E-state index contributed by atoms with van der Waals surface area (Å²) >= 11 is 0. The van der Waals surface area contributed by atoms with E-state index in [2.05, 4.69) is 51.8 Å². The number of carbonyl (C=O) groups is 1. The van der Waals surface area contributed by atoms with Crippen LogP contribution in [-0.4, -0.2) is 15.9 Å². The van der Waals surface area contributed by atoms with Gasteiger partial charge in [-0.15, -0.1) is 0 Å². The number of rotatable bonds is 5. The van der Waals surface area contributed by atoms with Crippen molar-refractivity contribution in [2.75, 3.05) is 10.6 Å². The van der Waals surface area contributed by atoms with Crippen LogP contribution in [0.3, 0.4) is 0 Å². The summed E-state index contributed by atoms with van der Waals surface area (Å²) in [5, 5.41) is 6.00. The van der Waals surface area contributed by atoms with Crippen LogP contribution in [0.2, 0.25) is 0 Å². The molecule has 2 N–H and O–H groups in total. The van der Waals surface area contributed by atoms with Crippen LogP contribution in [0.1, 0.15) is 27.2 Å². The molecule has 5 nitrogen and oxygen atoms in total. The third-order valence-electron chi connectivity index (χ3n) is 3.74. The van der Waals surface area contributed by atoms with Crippen molar-refractivity contribution >= 4 is 17.5 Å². The molecular weight excluding hydrogens is 312 g/mol. The Balaban J connectivity index is 1.66. The zero-order valence-electron chi connectivity index (χ0n) is 14.3. The highest BCUT2D eigenvalue weighted by Crippen LogP contribution is 2.12. The van der Waals surface area contributed by atoms with E-state index in [9.17, 15) is 4.79 Å². The monoisotopic (exact) mass is 332 g/mol. The average molecular weight is 332 g/mol. The van der Waals surface area contributed by atoms with Crippen LogP contribution in [0, 0.1) is 13.8 Å². The number of benzene rings is 2. The van der Waals surface area contributed by atoms with E-state index in [4.69, 9.17) is 0 Å². The number of hydrogen-bond acceptors (Lipinski definition) is 4. The van der Waals surface area contributed by atoms with Gasteiger partial charge >= 0.3 is 0 Å². The van der Waals surface area contributed by atoms with Crippen molar-refractivity contribution in [2.45, 2.75) is 20.4 Å². The molecule has 1 aromatic heterocycles. The summed E-state index contributed by atoms with van der Waals surface area (Å²) in [6, 6.07) is 17.5. The first kappa shape index (κ1) is 16.6. The highest BCUT2D eigenvalue weighted by molar-refractivity contribution is 6.03. The highest BCUT2D eigenvalue weighted by Gasteiger charge is 2.09. The molecule has 126 valence electrons. The second-order valence-electron chi connectivity index (χ2n) is 5.93. The molecule has 0 aliphatic carbocycles. The summed E-state index contributed by atoms with van der Waals surface area (Å²) in [6.07, 6.45) is 1.58. The van der Waals surface area contributed by atoms with Crippen molar-refractivity contribution < 1.29 is 4.79 Å². The van der Waals surface area contributed by atoms with Crippen molar-refractivity contribution in [1.29, 1.82) is 0 Å². The first-order valence-corrected chi connectivity index (χ1v) is 8.10. The summed E-state index contributed by atoms with van der Waals surface area (Å²) in [5.74, 6) is 0.170. The average Bonchev–Trinajstić information content (AvgIpc) is 2.61. The molecule has 0 aliphatic rings. The van der Waals surface area contributed by atoms with Crippen LogP contribution in [0.4, 0.5) is 11.6 Å². The molecule has 0 bridgehead atoms. The van der Waals surface area contributed by atoms with E-state index in [1.165, 1.54) is 5.56 Å². The summed E-state index contributed by atoms with van der Waals surface area (Å²) in [6.45, 7) is 4.63. The molecule has 0 spiro atoms. The Bertz CT molecular complexity index is 875. The maximum absolute atomic E-state index is 12.4. The van der Waals surface area contributed by atoms with Gasteiger partial charge in [-0.3, -0.25) is 4.79 Å². The van der Waals surface area contributed by atoms with Crippen LogP contribution in [0.25, 0.3) is 0 Å². The first-order chi connectivity index (χ1) is 12.1. The smallest absolute Gasteiger partial charge is 0.274 e. The molecule has 25 heavy (non-hydrogen) atoms. The second-order valence-corrected chi connectivity index (χ2v) is 5.93. The minimum atomic E-state index is -0.258. The van der Waals surface area contributed by atoms with E-state index in [0.29, 0.717) is 18.2 Å². The van der Waals surface area contributed by atoms with E-state index in [0.717, 1.165) is 16.8 Å². The topological polar surface area (TPSA) is 66.9 Å². The molecule has 5 heteroatoms. The van der Waals surface area contributed by atoms with Gasteiger partial charge in [-0.05, 0) is 43.2 Å². The Hall–Kier alpha value is -3.21. The molecule has 0 saturated heterocycles. The van der Waals surface area contributed by atoms with Crippen molar-refractivity contribution in [3.63, 3.8) is 0 Å². The molecule has 1 heterocycles. The predicted octanol–water partition coefficient (Wildman–Crippen LogP) is 3.96. The molecule has 3 aromatic rings.